The molecule has 18 heavy (non-hydrogen) atoms. The highest BCUT2D eigenvalue weighted by Gasteiger charge is 2.18. The minimum atomic E-state index is -0.0525. The third kappa shape index (κ3) is 3.84. The van der Waals surface area contributed by atoms with Gasteiger partial charge in [0.05, 0.1) is 12.3 Å². The van der Waals surface area contributed by atoms with Gasteiger partial charge < -0.3 is 10.0 Å². The van der Waals surface area contributed by atoms with Gasteiger partial charge in [-0.2, -0.15) is 5.10 Å². The van der Waals surface area contributed by atoms with E-state index in [9.17, 15) is 4.79 Å². The molecule has 0 aromatic carbocycles. The first-order valence-corrected chi connectivity index (χ1v) is 6.51. The summed E-state index contributed by atoms with van der Waals surface area (Å²) in [4.78, 5) is 14.0. The number of aryl methyl sites for hydroxylation is 2. The smallest absolute Gasteiger partial charge is 0.272 e. The standard InChI is InChI=1S/C13H23N3O2/c1-4-5-6-7-16(8-9-17)13(18)12-10-11(2)14-15(12)3/h10,17H,4-9H2,1-3H3. The zero-order valence-corrected chi connectivity index (χ0v) is 11.5. The van der Waals surface area contributed by atoms with Crippen LogP contribution in [-0.2, 0) is 7.05 Å². The molecule has 1 amide bonds. The van der Waals surface area contributed by atoms with E-state index >= 15 is 0 Å². The van der Waals surface area contributed by atoms with Gasteiger partial charge in [0, 0.05) is 20.1 Å². The maximum atomic E-state index is 12.3. The van der Waals surface area contributed by atoms with Crippen molar-refractivity contribution in [2.75, 3.05) is 19.7 Å². The highest BCUT2D eigenvalue weighted by atomic mass is 16.3. The van der Waals surface area contributed by atoms with E-state index in [1.165, 1.54) is 0 Å². The Labute approximate surface area is 108 Å². The Balaban J connectivity index is 2.72. The Morgan fingerprint density at radius 3 is 2.67 bits per heavy atom. The van der Waals surface area contributed by atoms with Crippen LogP contribution in [0.1, 0.15) is 42.4 Å². The van der Waals surface area contributed by atoms with Crippen LogP contribution in [0, 0.1) is 6.92 Å². The van der Waals surface area contributed by atoms with E-state index in [2.05, 4.69) is 12.0 Å². The molecule has 0 saturated heterocycles. The Morgan fingerprint density at radius 2 is 2.17 bits per heavy atom. The van der Waals surface area contributed by atoms with Crippen LogP contribution in [0.5, 0.6) is 0 Å². The second-order valence-electron chi connectivity index (χ2n) is 4.52. The van der Waals surface area contributed by atoms with Crippen molar-refractivity contribution >= 4 is 5.91 Å². The summed E-state index contributed by atoms with van der Waals surface area (Å²) in [6, 6.07) is 1.78. The lowest BCUT2D eigenvalue weighted by molar-refractivity contribution is 0.0707. The van der Waals surface area contributed by atoms with E-state index in [-0.39, 0.29) is 12.5 Å². The van der Waals surface area contributed by atoms with E-state index in [0.717, 1.165) is 25.0 Å². The molecule has 0 aliphatic carbocycles. The first kappa shape index (κ1) is 14.7. The predicted octanol–water partition coefficient (Wildman–Crippen LogP) is 1.35. The summed E-state index contributed by atoms with van der Waals surface area (Å²) in [7, 11) is 1.77. The summed E-state index contributed by atoms with van der Waals surface area (Å²) in [5.74, 6) is -0.0525. The highest BCUT2D eigenvalue weighted by Crippen LogP contribution is 2.08. The zero-order valence-electron chi connectivity index (χ0n) is 11.5. The van der Waals surface area contributed by atoms with Crippen LogP contribution in [-0.4, -0.2) is 45.4 Å². The normalized spacial score (nSPS) is 10.7. The van der Waals surface area contributed by atoms with Crippen molar-refractivity contribution in [1.82, 2.24) is 14.7 Å². The largest absolute Gasteiger partial charge is 0.395 e. The lowest BCUT2D eigenvalue weighted by atomic mass is 10.2. The van der Waals surface area contributed by atoms with Crippen molar-refractivity contribution in [3.05, 3.63) is 17.5 Å². The number of amides is 1. The Morgan fingerprint density at radius 1 is 1.44 bits per heavy atom. The highest BCUT2D eigenvalue weighted by molar-refractivity contribution is 5.92. The maximum absolute atomic E-state index is 12.3. The van der Waals surface area contributed by atoms with Crippen LogP contribution in [0.15, 0.2) is 6.07 Å². The van der Waals surface area contributed by atoms with Gasteiger partial charge in [-0.15, -0.1) is 0 Å². The van der Waals surface area contributed by atoms with Gasteiger partial charge in [-0.1, -0.05) is 19.8 Å². The molecule has 0 atom stereocenters. The molecule has 0 spiro atoms. The van der Waals surface area contributed by atoms with Crippen LogP contribution < -0.4 is 0 Å². The summed E-state index contributed by atoms with van der Waals surface area (Å²) >= 11 is 0. The number of nitrogens with zero attached hydrogens (tertiary/aromatic N) is 3. The van der Waals surface area contributed by atoms with Gasteiger partial charge in [0.25, 0.3) is 5.91 Å². The zero-order chi connectivity index (χ0) is 13.5. The SMILES string of the molecule is CCCCCN(CCO)C(=O)c1cc(C)nn1C. The molecule has 1 rings (SSSR count). The molecule has 5 nitrogen and oxygen atoms in total. The molecule has 1 N–H and O–H groups in total. The molecule has 1 aromatic rings. The number of carbonyl (C=O) groups excluding carboxylic acids is 1. The van der Waals surface area contributed by atoms with Crippen molar-refractivity contribution in [3.8, 4) is 0 Å². The Bertz CT molecular complexity index is 388. The molecular weight excluding hydrogens is 230 g/mol. The lowest BCUT2D eigenvalue weighted by Crippen LogP contribution is -2.35. The number of hydrogen-bond acceptors (Lipinski definition) is 3. The number of aliphatic hydroxyl groups is 1. The molecule has 1 heterocycles. The molecule has 0 aliphatic rings. The predicted molar refractivity (Wildman–Crippen MR) is 70.5 cm³/mol. The van der Waals surface area contributed by atoms with Crippen LogP contribution in [0.25, 0.3) is 0 Å². The molecule has 0 saturated carbocycles. The van der Waals surface area contributed by atoms with Gasteiger partial charge in [-0.05, 0) is 19.4 Å². The van der Waals surface area contributed by atoms with Crippen molar-refractivity contribution in [3.63, 3.8) is 0 Å². The molecule has 0 unspecified atom stereocenters. The fourth-order valence-electron chi connectivity index (χ4n) is 1.96. The topological polar surface area (TPSA) is 58.4 Å². The molecular formula is C13H23N3O2. The van der Waals surface area contributed by atoms with E-state index in [1.54, 1.807) is 22.7 Å². The number of aromatic nitrogens is 2. The quantitative estimate of drug-likeness (QED) is 0.746. The lowest BCUT2D eigenvalue weighted by Gasteiger charge is -2.21. The second kappa shape index (κ2) is 7.16. The molecule has 0 aliphatic heterocycles. The number of unbranched alkanes of at least 4 members (excludes halogenated alkanes) is 2. The summed E-state index contributed by atoms with van der Waals surface area (Å²) in [5, 5.41) is 13.2. The van der Waals surface area contributed by atoms with Crippen LogP contribution >= 0.6 is 0 Å². The first-order valence-electron chi connectivity index (χ1n) is 6.51. The fraction of sp³-hybridized carbons (Fsp3) is 0.692. The Hall–Kier alpha value is -1.36. The molecule has 5 heteroatoms. The van der Waals surface area contributed by atoms with Crippen LogP contribution in [0.4, 0.5) is 0 Å². The Kier molecular flexibility index (Phi) is 5.85. The summed E-state index contributed by atoms with van der Waals surface area (Å²) in [6.07, 6.45) is 3.19. The van der Waals surface area contributed by atoms with Crippen molar-refractivity contribution in [2.45, 2.75) is 33.1 Å². The van der Waals surface area contributed by atoms with Gasteiger partial charge >= 0.3 is 0 Å². The second-order valence-corrected chi connectivity index (χ2v) is 4.52. The number of carbonyl (C=O) groups is 1. The molecule has 0 fully saturated rings. The van der Waals surface area contributed by atoms with E-state index in [4.69, 9.17) is 5.11 Å². The monoisotopic (exact) mass is 253 g/mol. The van der Waals surface area contributed by atoms with E-state index in [0.29, 0.717) is 18.8 Å². The third-order valence-electron chi connectivity index (χ3n) is 2.91. The number of aliphatic hydroxyl groups excluding tert-OH is 1. The fourth-order valence-corrected chi connectivity index (χ4v) is 1.96. The van der Waals surface area contributed by atoms with Crippen LogP contribution in [0.2, 0.25) is 0 Å². The number of rotatable bonds is 7. The van der Waals surface area contributed by atoms with E-state index < -0.39 is 0 Å². The summed E-state index contributed by atoms with van der Waals surface area (Å²) in [6.45, 7) is 5.06. The third-order valence-corrected chi connectivity index (χ3v) is 2.91. The summed E-state index contributed by atoms with van der Waals surface area (Å²) < 4.78 is 1.60. The van der Waals surface area contributed by atoms with Gasteiger partial charge in [-0.25, -0.2) is 0 Å². The minimum Gasteiger partial charge on any atom is -0.395 e. The van der Waals surface area contributed by atoms with Gasteiger partial charge in [0.15, 0.2) is 0 Å². The molecule has 102 valence electrons. The van der Waals surface area contributed by atoms with Crippen molar-refractivity contribution in [2.24, 2.45) is 7.05 Å². The maximum Gasteiger partial charge on any atom is 0.272 e. The molecule has 1 aromatic heterocycles. The average molecular weight is 253 g/mol. The number of hydrogen-bond donors (Lipinski definition) is 1. The summed E-state index contributed by atoms with van der Waals surface area (Å²) in [5.41, 5.74) is 1.41. The van der Waals surface area contributed by atoms with Gasteiger partial charge in [0.2, 0.25) is 0 Å². The van der Waals surface area contributed by atoms with Crippen molar-refractivity contribution < 1.29 is 9.90 Å². The van der Waals surface area contributed by atoms with Gasteiger partial charge in [-0.3, -0.25) is 9.48 Å². The minimum absolute atomic E-state index is 0.00526. The first-order chi connectivity index (χ1) is 8.60. The van der Waals surface area contributed by atoms with Crippen molar-refractivity contribution in [1.29, 1.82) is 0 Å². The van der Waals surface area contributed by atoms with Gasteiger partial charge in [0.1, 0.15) is 5.69 Å². The molecule has 0 bridgehead atoms. The van der Waals surface area contributed by atoms with Crippen LogP contribution in [0.3, 0.4) is 0 Å². The molecule has 0 radical (unpaired) electrons. The van der Waals surface area contributed by atoms with E-state index in [1.807, 2.05) is 6.92 Å². The average Bonchev–Trinajstić information content (AvgIpc) is 2.67.